The normalized spacial score (nSPS) is 11.6. The largest absolute Gasteiger partial charge is 0.507 e. The van der Waals surface area contributed by atoms with Gasteiger partial charge in [-0.1, -0.05) is 18.2 Å². The van der Waals surface area contributed by atoms with E-state index < -0.39 is 10.0 Å². The highest BCUT2D eigenvalue weighted by molar-refractivity contribution is 7.92. The summed E-state index contributed by atoms with van der Waals surface area (Å²) in [6, 6.07) is 10.1. The number of phenols is 1. The van der Waals surface area contributed by atoms with Crippen LogP contribution in [-0.2, 0) is 17.1 Å². The second-order valence-corrected chi connectivity index (χ2v) is 7.81. The molecular weight excluding hydrogens is 340 g/mol. The maximum Gasteiger partial charge on any atom is 0.258 e. The average molecular weight is 358 g/mol. The minimum Gasteiger partial charge on any atom is -0.507 e. The zero-order valence-corrected chi connectivity index (χ0v) is 14.9. The third kappa shape index (κ3) is 3.23. The first-order valence-electron chi connectivity index (χ1n) is 7.57. The Morgan fingerprint density at radius 3 is 2.56 bits per heavy atom. The predicted octanol–water partition coefficient (Wildman–Crippen LogP) is 2.59. The molecule has 3 rings (SSSR count). The highest BCUT2D eigenvalue weighted by Gasteiger charge is 2.14. The molecule has 7 heteroatoms. The molecular formula is C18H18N2O4S. The summed E-state index contributed by atoms with van der Waals surface area (Å²) in [5, 5.41) is 11.1. The third-order valence-electron chi connectivity index (χ3n) is 4.03. The summed E-state index contributed by atoms with van der Waals surface area (Å²) in [5.74, 6) is 0.00315. The maximum atomic E-state index is 12.3. The van der Waals surface area contributed by atoms with Crippen LogP contribution in [0.25, 0.3) is 21.9 Å². The van der Waals surface area contributed by atoms with Crippen LogP contribution in [0.4, 0.5) is 5.69 Å². The number of sulfonamides is 1. The van der Waals surface area contributed by atoms with Crippen molar-refractivity contribution in [2.75, 3.05) is 11.0 Å². The van der Waals surface area contributed by atoms with Gasteiger partial charge in [-0.25, -0.2) is 8.42 Å². The zero-order valence-electron chi connectivity index (χ0n) is 14.1. The van der Waals surface area contributed by atoms with E-state index in [1.54, 1.807) is 44.4 Å². The minimum absolute atomic E-state index is 0.00315. The number of aromatic hydroxyl groups is 1. The van der Waals surface area contributed by atoms with E-state index in [0.717, 1.165) is 11.8 Å². The van der Waals surface area contributed by atoms with E-state index in [-0.39, 0.29) is 11.3 Å². The van der Waals surface area contributed by atoms with Gasteiger partial charge in [0.25, 0.3) is 5.56 Å². The predicted molar refractivity (Wildman–Crippen MR) is 99.5 cm³/mol. The van der Waals surface area contributed by atoms with E-state index in [9.17, 15) is 18.3 Å². The van der Waals surface area contributed by atoms with E-state index >= 15 is 0 Å². The highest BCUT2D eigenvalue weighted by atomic mass is 32.2. The van der Waals surface area contributed by atoms with Crippen molar-refractivity contribution in [2.24, 2.45) is 7.05 Å². The molecule has 0 aliphatic heterocycles. The Morgan fingerprint density at radius 1 is 1.16 bits per heavy atom. The van der Waals surface area contributed by atoms with Gasteiger partial charge in [0.15, 0.2) is 0 Å². The van der Waals surface area contributed by atoms with Crippen molar-refractivity contribution in [1.82, 2.24) is 4.57 Å². The molecule has 0 aliphatic rings. The second-order valence-electron chi connectivity index (χ2n) is 6.06. The van der Waals surface area contributed by atoms with E-state index in [4.69, 9.17) is 0 Å². The van der Waals surface area contributed by atoms with Crippen LogP contribution in [0.5, 0.6) is 5.75 Å². The van der Waals surface area contributed by atoms with Gasteiger partial charge in [0.1, 0.15) is 5.75 Å². The molecule has 0 amide bonds. The Labute approximate surface area is 145 Å². The number of nitrogens with one attached hydrogen (secondary N) is 1. The SMILES string of the molecule is Cc1ccc(-c2cn(C)c(=O)c3cccc(O)c23)cc1NS(C)(=O)=O. The number of anilines is 1. The summed E-state index contributed by atoms with van der Waals surface area (Å²) in [4.78, 5) is 12.3. The minimum atomic E-state index is -3.42. The Hall–Kier alpha value is -2.80. The Morgan fingerprint density at radius 2 is 1.88 bits per heavy atom. The van der Waals surface area contributed by atoms with Gasteiger partial charge in [-0.3, -0.25) is 9.52 Å². The monoisotopic (exact) mass is 358 g/mol. The van der Waals surface area contributed by atoms with Crippen LogP contribution < -0.4 is 10.3 Å². The molecule has 1 heterocycles. The van der Waals surface area contributed by atoms with Gasteiger partial charge in [0.2, 0.25) is 10.0 Å². The zero-order chi connectivity index (χ0) is 18.4. The molecule has 25 heavy (non-hydrogen) atoms. The van der Waals surface area contributed by atoms with E-state index in [0.29, 0.717) is 27.6 Å². The van der Waals surface area contributed by atoms with Gasteiger partial charge in [-0.15, -0.1) is 0 Å². The summed E-state index contributed by atoms with van der Waals surface area (Å²) in [6.45, 7) is 1.80. The molecule has 130 valence electrons. The molecule has 1 aromatic heterocycles. The van der Waals surface area contributed by atoms with Crippen LogP contribution in [0.3, 0.4) is 0 Å². The van der Waals surface area contributed by atoms with Gasteiger partial charge in [-0.05, 0) is 36.2 Å². The second kappa shape index (κ2) is 5.93. The van der Waals surface area contributed by atoms with Crippen LogP contribution in [0.1, 0.15) is 5.56 Å². The molecule has 2 N–H and O–H groups in total. The number of fused-ring (bicyclic) bond motifs is 1. The number of aromatic nitrogens is 1. The lowest BCUT2D eigenvalue weighted by molar-refractivity contribution is 0.481. The highest BCUT2D eigenvalue weighted by Crippen LogP contribution is 2.34. The van der Waals surface area contributed by atoms with Crippen molar-refractivity contribution in [3.63, 3.8) is 0 Å². The van der Waals surface area contributed by atoms with Crippen LogP contribution in [0.15, 0.2) is 47.4 Å². The van der Waals surface area contributed by atoms with Crippen molar-refractivity contribution in [3.8, 4) is 16.9 Å². The summed E-state index contributed by atoms with van der Waals surface area (Å²) < 4.78 is 27.1. The Balaban J connectivity index is 2.33. The number of phenolic OH excluding ortho intramolecular Hbond substituents is 1. The van der Waals surface area contributed by atoms with Gasteiger partial charge >= 0.3 is 0 Å². The molecule has 0 fully saturated rings. The van der Waals surface area contributed by atoms with Crippen LogP contribution in [0, 0.1) is 6.92 Å². The van der Waals surface area contributed by atoms with Crippen molar-refractivity contribution in [2.45, 2.75) is 6.92 Å². The fourth-order valence-corrected chi connectivity index (χ4v) is 3.45. The third-order valence-corrected chi connectivity index (χ3v) is 4.62. The molecule has 0 bridgehead atoms. The standard InChI is InChI=1S/C18H18N2O4S/c1-11-7-8-12(9-15(11)19-25(3,23)24)14-10-20(2)18(22)13-5-4-6-16(21)17(13)14/h4-10,19,21H,1-3H3. The molecule has 0 saturated heterocycles. The summed E-state index contributed by atoms with van der Waals surface area (Å²) in [5.41, 5.74) is 2.35. The van der Waals surface area contributed by atoms with E-state index in [1.807, 2.05) is 6.07 Å². The summed E-state index contributed by atoms with van der Waals surface area (Å²) in [7, 11) is -1.78. The quantitative estimate of drug-likeness (QED) is 0.753. The summed E-state index contributed by atoms with van der Waals surface area (Å²) >= 11 is 0. The fourth-order valence-electron chi connectivity index (χ4n) is 2.83. The van der Waals surface area contributed by atoms with Gasteiger partial charge in [-0.2, -0.15) is 0 Å². The molecule has 3 aromatic rings. The van der Waals surface area contributed by atoms with Crippen molar-refractivity contribution in [3.05, 3.63) is 58.5 Å². The Kier molecular flexibility index (Phi) is 4.04. The van der Waals surface area contributed by atoms with Crippen molar-refractivity contribution < 1.29 is 13.5 Å². The van der Waals surface area contributed by atoms with Crippen molar-refractivity contribution in [1.29, 1.82) is 0 Å². The maximum absolute atomic E-state index is 12.3. The molecule has 0 radical (unpaired) electrons. The molecule has 0 spiro atoms. The molecule has 2 aromatic carbocycles. The lowest BCUT2D eigenvalue weighted by Crippen LogP contribution is -2.16. The van der Waals surface area contributed by atoms with E-state index in [2.05, 4.69) is 4.72 Å². The van der Waals surface area contributed by atoms with Crippen LogP contribution >= 0.6 is 0 Å². The number of hydrogen-bond donors (Lipinski definition) is 2. The smallest absolute Gasteiger partial charge is 0.258 e. The molecule has 0 saturated carbocycles. The number of aryl methyl sites for hydroxylation is 2. The molecule has 6 nitrogen and oxygen atoms in total. The average Bonchev–Trinajstić information content (AvgIpc) is 2.52. The number of benzene rings is 2. The van der Waals surface area contributed by atoms with Gasteiger partial charge < -0.3 is 9.67 Å². The van der Waals surface area contributed by atoms with Crippen LogP contribution in [0.2, 0.25) is 0 Å². The first kappa shape index (κ1) is 17.0. The van der Waals surface area contributed by atoms with E-state index in [1.165, 1.54) is 10.6 Å². The molecule has 0 aliphatic carbocycles. The number of hydrogen-bond acceptors (Lipinski definition) is 4. The lowest BCUT2D eigenvalue weighted by Gasteiger charge is -2.14. The van der Waals surface area contributed by atoms with Gasteiger partial charge in [0, 0.05) is 24.2 Å². The van der Waals surface area contributed by atoms with Crippen LogP contribution in [-0.4, -0.2) is 24.3 Å². The Bertz CT molecular complexity index is 1150. The van der Waals surface area contributed by atoms with Crippen molar-refractivity contribution >= 4 is 26.5 Å². The van der Waals surface area contributed by atoms with Gasteiger partial charge in [0.05, 0.1) is 17.3 Å². The number of pyridine rings is 1. The summed E-state index contributed by atoms with van der Waals surface area (Å²) in [6.07, 6.45) is 2.73. The number of rotatable bonds is 3. The first-order chi connectivity index (χ1) is 11.7. The number of nitrogens with zero attached hydrogens (tertiary/aromatic N) is 1. The first-order valence-corrected chi connectivity index (χ1v) is 9.46. The topological polar surface area (TPSA) is 88.4 Å². The lowest BCUT2D eigenvalue weighted by atomic mass is 9.98. The fraction of sp³-hybridized carbons (Fsp3) is 0.167. The molecule has 0 unspecified atom stereocenters. The molecule has 0 atom stereocenters.